The van der Waals surface area contributed by atoms with Gasteiger partial charge in [0.1, 0.15) is 0 Å². The van der Waals surface area contributed by atoms with Crippen LogP contribution in [-0.4, -0.2) is 31.7 Å². The molecule has 1 heterocycles. The minimum absolute atomic E-state index is 0.0287. The number of anilines is 1. The van der Waals surface area contributed by atoms with Crippen LogP contribution in [0.5, 0.6) is 11.5 Å². The highest BCUT2D eigenvalue weighted by molar-refractivity contribution is 7.13. The largest absolute Gasteiger partial charge is 0.493 e. The van der Waals surface area contributed by atoms with Crippen molar-refractivity contribution in [2.45, 2.75) is 53.1 Å². The van der Waals surface area contributed by atoms with E-state index < -0.39 is 0 Å². The number of amides is 1. The number of ether oxygens (including phenoxy) is 2. The van der Waals surface area contributed by atoms with Crippen molar-refractivity contribution >= 4 is 22.4 Å². The number of hydrogen-bond donors (Lipinski definition) is 1. The number of nitrogens with zero attached hydrogens (tertiary/aromatic N) is 2. The first-order valence-electron chi connectivity index (χ1n) is 11.9. The summed E-state index contributed by atoms with van der Waals surface area (Å²) in [7, 11) is 3.31. The second-order valence-corrected chi connectivity index (χ2v) is 10.9. The van der Waals surface area contributed by atoms with Gasteiger partial charge in [0.25, 0.3) is 5.91 Å². The van der Waals surface area contributed by atoms with Gasteiger partial charge in [0.2, 0.25) is 0 Å². The molecule has 1 aromatic heterocycles. The number of carbonyl (C=O) groups excluding carboxylic acids is 1. The van der Waals surface area contributed by atoms with Crippen LogP contribution in [0.3, 0.4) is 0 Å². The van der Waals surface area contributed by atoms with Gasteiger partial charge in [0.05, 0.1) is 19.9 Å². The van der Waals surface area contributed by atoms with Crippen LogP contribution in [0.2, 0.25) is 0 Å². The van der Waals surface area contributed by atoms with Gasteiger partial charge in [-0.25, -0.2) is 4.98 Å². The molecule has 2 aromatic carbocycles. The number of thiazole rings is 1. The topological polar surface area (TPSA) is 63.7 Å². The van der Waals surface area contributed by atoms with E-state index in [1.165, 1.54) is 0 Å². The highest BCUT2D eigenvalue weighted by atomic mass is 32.1. The van der Waals surface area contributed by atoms with Crippen LogP contribution in [0.1, 0.15) is 61.8 Å². The fraction of sp³-hybridized carbons (Fsp3) is 0.429. The van der Waals surface area contributed by atoms with Crippen LogP contribution in [-0.2, 0) is 18.5 Å². The number of hydrogen-bond acceptors (Lipinski definition) is 6. The van der Waals surface area contributed by atoms with E-state index in [1.54, 1.807) is 25.6 Å². The number of methoxy groups -OCH3 is 2. The third-order valence-electron chi connectivity index (χ3n) is 5.64. The molecule has 3 rings (SSSR count). The molecule has 1 amide bonds. The fourth-order valence-corrected chi connectivity index (χ4v) is 4.66. The Morgan fingerprint density at radius 1 is 1.06 bits per heavy atom. The summed E-state index contributed by atoms with van der Waals surface area (Å²) < 4.78 is 11.2. The van der Waals surface area contributed by atoms with Crippen LogP contribution < -0.4 is 19.7 Å². The monoisotopic (exact) mass is 495 g/mol. The molecule has 0 aliphatic rings. The van der Waals surface area contributed by atoms with Crippen molar-refractivity contribution in [3.8, 4) is 11.5 Å². The van der Waals surface area contributed by atoms with Crippen molar-refractivity contribution < 1.29 is 14.3 Å². The number of rotatable bonds is 10. The summed E-state index contributed by atoms with van der Waals surface area (Å²) in [4.78, 5) is 19.6. The Morgan fingerprint density at radius 2 is 1.77 bits per heavy atom. The minimum Gasteiger partial charge on any atom is -0.493 e. The van der Waals surface area contributed by atoms with E-state index in [1.807, 2.05) is 36.4 Å². The molecular weight excluding hydrogens is 458 g/mol. The zero-order valence-electron chi connectivity index (χ0n) is 21.8. The van der Waals surface area contributed by atoms with E-state index in [-0.39, 0.29) is 11.3 Å². The Morgan fingerprint density at radius 3 is 2.34 bits per heavy atom. The lowest BCUT2D eigenvalue weighted by molar-refractivity contribution is 0.0949. The molecule has 0 aliphatic carbocycles. The minimum atomic E-state index is -0.0436. The second kappa shape index (κ2) is 11.6. The number of nitrogens with one attached hydrogen (secondary N) is 1. The maximum Gasteiger partial charge on any atom is 0.251 e. The van der Waals surface area contributed by atoms with Crippen molar-refractivity contribution in [3.05, 3.63) is 70.2 Å². The molecule has 0 atom stereocenters. The van der Waals surface area contributed by atoms with E-state index in [2.05, 4.69) is 56.3 Å². The van der Waals surface area contributed by atoms with Gasteiger partial charge < -0.3 is 19.7 Å². The quantitative estimate of drug-likeness (QED) is 0.371. The summed E-state index contributed by atoms with van der Waals surface area (Å²) in [5.41, 5.74) is 3.82. The molecule has 0 unspecified atom stereocenters. The Kier molecular flexibility index (Phi) is 8.78. The molecule has 0 radical (unpaired) electrons. The van der Waals surface area contributed by atoms with Crippen molar-refractivity contribution in [1.29, 1.82) is 0 Å². The molecule has 0 fully saturated rings. The van der Waals surface area contributed by atoms with Crippen molar-refractivity contribution in [1.82, 2.24) is 10.3 Å². The number of benzene rings is 2. The van der Waals surface area contributed by atoms with Crippen molar-refractivity contribution in [2.24, 2.45) is 5.92 Å². The molecule has 1 N–H and O–H groups in total. The zero-order valence-corrected chi connectivity index (χ0v) is 22.7. The summed E-state index contributed by atoms with van der Waals surface area (Å²) in [5, 5.41) is 6.05. The van der Waals surface area contributed by atoms with Gasteiger partial charge in [-0.05, 0) is 29.7 Å². The zero-order chi connectivity index (χ0) is 25.6. The highest BCUT2D eigenvalue weighted by Gasteiger charge is 2.22. The molecule has 3 aromatic rings. The smallest absolute Gasteiger partial charge is 0.251 e. The van der Waals surface area contributed by atoms with Gasteiger partial charge in [-0.3, -0.25) is 4.79 Å². The average molecular weight is 496 g/mol. The maximum atomic E-state index is 12.4. The molecule has 0 aliphatic heterocycles. The first-order chi connectivity index (χ1) is 16.6. The molecule has 0 bridgehead atoms. The van der Waals surface area contributed by atoms with Crippen molar-refractivity contribution in [3.63, 3.8) is 0 Å². The lowest BCUT2D eigenvalue weighted by Crippen LogP contribution is -2.27. The number of para-hydroxylation sites is 1. The SMILES string of the molecule is COc1cccc(CN(Cc2ccc(C(=O)NCC(C)C)cc2)c2nc(C(C)(C)C)cs2)c1OC. The lowest BCUT2D eigenvalue weighted by Gasteiger charge is -2.24. The first-order valence-corrected chi connectivity index (χ1v) is 12.8. The first kappa shape index (κ1) is 26.5. The van der Waals surface area contributed by atoms with Gasteiger partial charge >= 0.3 is 0 Å². The Bertz CT molecular complexity index is 1120. The summed E-state index contributed by atoms with van der Waals surface area (Å²) >= 11 is 1.64. The normalized spacial score (nSPS) is 11.4. The Hall–Kier alpha value is -3.06. The molecule has 6 nitrogen and oxygen atoms in total. The summed E-state index contributed by atoms with van der Waals surface area (Å²) in [6, 6.07) is 13.7. The molecule has 35 heavy (non-hydrogen) atoms. The van der Waals surface area contributed by atoms with E-state index in [4.69, 9.17) is 14.5 Å². The van der Waals surface area contributed by atoms with Gasteiger partial charge in [-0.2, -0.15) is 0 Å². The van der Waals surface area contributed by atoms with Crippen LogP contribution >= 0.6 is 11.3 Å². The van der Waals surface area contributed by atoms with Gasteiger partial charge in [-0.15, -0.1) is 11.3 Å². The van der Waals surface area contributed by atoms with Crippen molar-refractivity contribution in [2.75, 3.05) is 25.7 Å². The third-order valence-corrected chi connectivity index (χ3v) is 6.54. The second-order valence-electron chi connectivity index (χ2n) is 10.1. The number of carbonyl (C=O) groups is 1. The fourth-order valence-electron chi connectivity index (χ4n) is 3.61. The Labute approximate surface area is 213 Å². The summed E-state index contributed by atoms with van der Waals surface area (Å²) in [5.74, 6) is 1.80. The predicted molar refractivity (Wildman–Crippen MR) is 144 cm³/mol. The molecular formula is C28H37N3O3S. The molecule has 7 heteroatoms. The third kappa shape index (κ3) is 6.98. The van der Waals surface area contributed by atoms with Crippen LogP contribution in [0.4, 0.5) is 5.13 Å². The van der Waals surface area contributed by atoms with Crippen LogP contribution in [0.15, 0.2) is 47.8 Å². The maximum absolute atomic E-state index is 12.4. The predicted octanol–water partition coefficient (Wildman–Crippen LogP) is 6.05. The van der Waals surface area contributed by atoms with Gasteiger partial charge in [-0.1, -0.05) is 58.9 Å². The summed E-state index contributed by atoms with van der Waals surface area (Å²) in [6.45, 7) is 12.6. The molecule has 0 spiro atoms. The molecule has 0 saturated carbocycles. The van der Waals surface area contributed by atoms with Gasteiger partial charge in [0.15, 0.2) is 16.6 Å². The van der Waals surface area contributed by atoms with Gasteiger partial charge in [0, 0.05) is 41.6 Å². The number of aromatic nitrogens is 1. The lowest BCUT2D eigenvalue weighted by atomic mass is 9.93. The molecule has 0 saturated heterocycles. The Balaban J connectivity index is 1.88. The standard InChI is InChI=1S/C28H37N3O3S/c1-19(2)15-29-26(32)21-13-11-20(12-14-21)16-31(27-30-24(18-35-27)28(3,4)5)17-22-9-8-10-23(33-6)25(22)34-7/h8-14,18-19H,15-17H2,1-7H3,(H,29,32). The van der Waals surface area contributed by atoms with E-state index in [9.17, 15) is 4.79 Å². The van der Waals surface area contributed by atoms with E-state index >= 15 is 0 Å². The van der Waals surface area contributed by atoms with E-state index in [0.717, 1.165) is 27.7 Å². The highest BCUT2D eigenvalue weighted by Crippen LogP contribution is 2.35. The van der Waals surface area contributed by atoms with Crippen LogP contribution in [0, 0.1) is 5.92 Å². The summed E-state index contributed by atoms with van der Waals surface area (Å²) in [6.07, 6.45) is 0. The molecule has 188 valence electrons. The van der Waals surface area contributed by atoms with Crippen LogP contribution in [0.25, 0.3) is 0 Å². The van der Waals surface area contributed by atoms with E-state index in [0.29, 0.717) is 36.9 Å². The average Bonchev–Trinajstić information content (AvgIpc) is 3.33.